The number of nitrogens with one attached hydrogen (secondary N) is 1. The molecule has 134 valence electrons. The molecule has 1 aromatic heterocycles. The average Bonchev–Trinajstić information content (AvgIpc) is 2.58. The molecule has 0 unspecified atom stereocenters. The minimum atomic E-state index is -0.585. The van der Waals surface area contributed by atoms with Gasteiger partial charge in [0, 0.05) is 16.1 Å². The van der Waals surface area contributed by atoms with Crippen molar-refractivity contribution in [2.75, 3.05) is 18.2 Å². The van der Waals surface area contributed by atoms with E-state index in [0.717, 1.165) is 0 Å². The minimum absolute atomic E-state index is 0.0818. The predicted molar refractivity (Wildman–Crippen MR) is 103 cm³/mol. The van der Waals surface area contributed by atoms with Crippen LogP contribution in [0, 0.1) is 12.7 Å². The number of hydrogen-bond donors (Lipinski definition) is 2. The Hall–Kier alpha value is -2.57. The molecule has 3 rings (SSSR count). The number of rotatable bonds is 4. The number of hydrogen-bond acceptors (Lipinski definition) is 5. The molecule has 3 aromatic rings. The van der Waals surface area contributed by atoms with Crippen molar-refractivity contribution in [2.24, 2.45) is 0 Å². The van der Waals surface area contributed by atoms with Crippen molar-refractivity contribution in [3.8, 4) is 16.9 Å². The lowest BCUT2D eigenvalue weighted by Crippen LogP contribution is -2.04. The second kappa shape index (κ2) is 7.35. The van der Waals surface area contributed by atoms with Gasteiger partial charge in [-0.3, -0.25) is 0 Å². The van der Waals surface area contributed by atoms with Crippen LogP contribution in [-0.2, 0) is 0 Å². The molecule has 0 spiro atoms. The second-order valence-electron chi connectivity index (χ2n) is 5.51. The van der Waals surface area contributed by atoms with Gasteiger partial charge < -0.3 is 15.8 Å². The fraction of sp³-hybridized carbons (Fsp3) is 0.111. The quantitative estimate of drug-likeness (QED) is 0.594. The number of nitrogen functional groups attached to an aromatic ring is 1. The van der Waals surface area contributed by atoms with Crippen molar-refractivity contribution in [2.45, 2.75) is 6.92 Å². The second-order valence-corrected chi connectivity index (χ2v) is 6.35. The zero-order chi connectivity index (χ0) is 18.8. The molecule has 1 heterocycles. The molecule has 0 amide bonds. The van der Waals surface area contributed by atoms with E-state index in [9.17, 15) is 4.39 Å². The highest BCUT2D eigenvalue weighted by molar-refractivity contribution is 6.33. The number of ether oxygens (including phenoxy) is 1. The van der Waals surface area contributed by atoms with Crippen LogP contribution in [0.25, 0.3) is 11.1 Å². The van der Waals surface area contributed by atoms with Gasteiger partial charge in [0.05, 0.1) is 29.2 Å². The Bertz CT molecular complexity index is 958. The van der Waals surface area contributed by atoms with E-state index in [1.807, 2.05) is 6.92 Å². The lowest BCUT2D eigenvalue weighted by Gasteiger charge is -2.16. The summed E-state index contributed by atoms with van der Waals surface area (Å²) in [5, 5.41) is 3.60. The summed E-state index contributed by atoms with van der Waals surface area (Å²) in [6.45, 7) is 1.81. The van der Waals surface area contributed by atoms with Crippen LogP contribution in [0.1, 0.15) is 5.69 Å². The van der Waals surface area contributed by atoms with Gasteiger partial charge in [-0.1, -0.05) is 23.2 Å². The Morgan fingerprint density at radius 1 is 1.15 bits per heavy atom. The molecule has 0 aliphatic heterocycles. The molecular weight excluding hydrogens is 378 g/mol. The summed E-state index contributed by atoms with van der Waals surface area (Å²) in [7, 11) is 1.56. The smallest absolute Gasteiger partial charge is 0.150 e. The highest BCUT2D eigenvalue weighted by Gasteiger charge is 2.17. The van der Waals surface area contributed by atoms with Gasteiger partial charge in [-0.05, 0) is 37.3 Å². The van der Waals surface area contributed by atoms with Crippen molar-refractivity contribution < 1.29 is 9.13 Å². The van der Waals surface area contributed by atoms with Gasteiger partial charge >= 0.3 is 0 Å². The van der Waals surface area contributed by atoms with E-state index in [1.54, 1.807) is 25.3 Å². The molecule has 5 nitrogen and oxygen atoms in total. The zero-order valence-electron chi connectivity index (χ0n) is 14.0. The highest BCUT2D eigenvalue weighted by atomic mass is 35.5. The molecule has 0 radical (unpaired) electrons. The average molecular weight is 393 g/mol. The van der Waals surface area contributed by atoms with Gasteiger partial charge in [0.2, 0.25) is 0 Å². The Morgan fingerprint density at radius 3 is 2.58 bits per heavy atom. The minimum Gasteiger partial charge on any atom is -0.497 e. The SMILES string of the molecule is COc1ccc(-c2c(C)ncnc2Nc2c(N)cc(Cl)cc2F)c(Cl)c1. The van der Waals surface area contributed by atoms with Gasteiger partial charge in [0.25, 0.3) is 0 Å². The van der Waals surface area contributed by atoms with Crippen LogP contribution in [-0.4, -0.2) is 17.1 Å². The molecule has 0 atom stereocenters. The molecule has 26 heavy (non-hydrogen) atoms. The number of halogens is 3. The number of nitrogens with zero attached hydrogens (tertiary/aromatic N) is 2. The van der Waals surface area contributed by atoms with E-state index in [4.69, 9.17) is 33.7 Å². The number of nitrogens with two attached hydrogens (primary N) is 1. The van der Waals surface area contributed by atoms with E-state index >= 15 is 0 Å². The van der Waals surface area contributed by atoms with Crippen LogP contribution in [0.3, 0.4) is 0 Å². The number of benzene rings is 2. The molecule has 8 heteroatoms. The maximum atomic E-state index is 14.3. The van der Waals surface area contributed by atoms with E-state index < -0.39 is 5.82 Å². The molecule has 0 aliphatic rings. The van der Waals surface area contributed by atoms with Crippen LogP contribution in [0.2, 0.25) is 10.0 Å². The third kappa shape index (κ3) is 3.52. The van der Waals surface area contributed by atoms with Crippen LogP contribution in [0.5, 0.6) is 5.75 Å². The van der Waals surface area contributed by atoms with Crippen molar-refractivity contribution in [1.82, 2.24) is 9.97 Å². The molecule has 2 aromatic carbocycles. The summed E-state index contributed by atoms with van der Waals surface area (Å²) in [6.07, 6.45) is 1.38. The maximum absolute atomic E-state index is 14.3. The first-order valence-corrected chi connectivity index (χ1v) is 8.33. The van der Waals surface area contributed by atoms with Crippen molar-refractivity contribution in [3.05, 3.63) is 58.2 Å². The number of aryl methyl sites for hydroxylation is 1. The first kappa shape index (κ1) is 18.2. The van der Waals surface area contributed by atoms with Crippen LogP contribution < -0.4 is 15.8 Å². The largest absolute Gasteiger partial charge is 0.497 e. The van der Waals surface area contributed by atoms with Crippen LogP contribution in [0.4, 0.5) is 21.6 Å². The van der Waals surface area contributed by atoms with Gasteiger partial charge in [0.1, 0.15) is 23.7 Å². The van der Waals surface area contributed by atoms with Crippen molar-refractivity contribution in [1.29, 1.82) is 0 Å². The van der Waals surface area contributed by atoms with E-state index in [1.165, 1.54) is 18.5 Å². The topological polar surface area (TPSA) is 73.1 Å². The van der Waals surface area contributed by atoms with Gasteiger partial charge in [0.15, 0.2) is 0 Å². The molecule has 3 N–H and O–H groups in total. The fourth-order valence-corrected chi connectivity index (χ4v) is 3.04. The third-order valence-corrected chi connectivity index (χ3v) is 4.34. The Morgan fingerprint density at radius 2 is 1.92 bits per heavy atom. The number of aromatic nitrogens is 2. The number of methoxy groups -OCH3 is 1. The van der Waals surface area contributed by atoms with Gasteiger partial charge in [-0.25, -0.2) is 14.4 Å². The summed E-state index contributed by atoms with van der Waals surface area (Å²) < 4.78 is 19.5. The summed E-state index contributed by atoms with van der Waals surface area (Å²) in [4.78, 5) is 8.45. The summed E-state index contributed by atoms with van der Waals surface area (Å²) in [5.74, 6) is 0.409. The fourth-order valence-electron chi connectivity index (χ4n) is 2.56. The third-order valence-electron chi connectivity index (χ3n) is 3.81. The van der Waals surface area contributed by atoms with Gasteiger partial charge in [-0.15, -0.1) is 0 Å². The highest BCUT2D eigenvalue weighted by Crippen LogP contribution is 2.38. The monoisotopic (exact) mass is 392 g/mol. The van der Waals surface area contributed by atoms with Crippen LogP contribution in [0.15, 0.2) is 36.7 Å². The molecule has 0 saturated carbocycles. The maximum Gasteiger partial charge on any atom is 0.150 e. The standard InChI is InChI=1S/C18H15Cl2FN4O/c1-9-16(12-4-3-11(26-2)7-13(12)20)18(24-8-23-9)25-17-14(21)5-10(19)6-15(17)22/h3-8H,22H2,1-2H3,(H,23,24,25). The molecule has 0 bridgehead atoms. The molecular formula is C18H15Cl2FN4O. The van der Waals surface area contributed by atoms with E-state index in [-0.39, 0.29) is 16.4 Å². The van der Waals surface area contributed by atoms with Crippen molar-refractivity contribution >= 4 is 40.4 Å². The molecule has 0 aliphatic carbocycles. The van der Waals surface area contributed by atoms with E-state index in [0.29, 0.717) is 33.4 Å². The van der Waals surface area contributed by atoms with Crippen LogP contribution >= 0.6 is 23.2 Å². The molecule has 0 fully saturated rings. The van der Waals surface area contributed by atoms with E-state index in [2.05, 4.69) is 15.3 Å². The zero-order valence-corrected chi connectivity index (χ0v) is 15.5. The summed E-state index contributed by atoms with van der Waals surface area (Å²) in [5.41, 5.74) is 8.12. The Labute approximate surface area is 159 Å². The predicted octanol–water partition coefficient (Wildman–Crippen LogP) is 5.23. The first-order valence-electron chi connectivity index (χ1n) is 7.57. The Kier molecular flexibility index (Phi) is 5.15. The lowest BCUT2D eigenvalue weighted by atomic mass is 10.0. The first-order chi connectivity index (χ1) is 12.4. The van der Waals surface area contributed by atoms with Crippen molar-refractivity contribution in [3.63, 3.8) is 0 Å². The summed E-state index contributed by atoms with van der Waals surface area (Å²) >= 11 is 12.2. The summed E-state index contributed by atoms with van der Waals surface area (Å²) in [6, 6.07) is 7.88. The normalized spacial score (nSPS) is 10.7. The Balaban J connectivity index is 2.13. The number of anilines is 3. The lowest BCUT2D eigenvalue weighted by molar-refractivity contribution is 0.415. The van der Waals surface area contributed by atoms with Gasteiger partial charge in [-0.2, -0.15) is 0 Å². The molecule has 0 saturated heterocycles.